The van der Waals surface area contributed by atoms with E-state index in [2.05, 4.69) is 15.5 Å². The highest BCUT2D eigenvalue weighted by Crippen LogP contribution is 2.27. The lowest BCUT2D eigenvalue weighted by Crippen LogP contribution is -2.14. The Balaban J connectivity index is 1.39. The van der Waals surface area contributed by atoms with E-state index < -0.39 is 0 Å². The standard InChI is InChI=1S/C19H15N3O3S/c1-12-6-8-14(9-7-12)26-11-17(23)20-19-22-21-18(25-19)16-10-13-4-2-3-5-15(13)24-16/h2-10H,11H2,1H3,(H,20,22,23). The van der Waals surface area contributed by atoms with E-state index in [1.807, 2.05) is 61.5 Å². The highest BCUT2D eigenvalue weighted by atomic mass is 32.2. The molecule has 4 rings (SSSR count). The van der Waals surface area contributed by atoms with Crippen molar-refractivity contribution < 1.29 is 13.6 Å². The van der Waals surface area contributed by atoms with Gasteiger partial charge >= 0.3 is 6.01 Å². The van der Waals surface area contributed by atoms with Crippen LogP contribution in [0.1, 0.15) is 5.56 Å². The van der Waals surface area contributed by atoms with E-state index in [9.17, 15) is 4.79 Å². The van der Waals surface area contributed by atoms with E-state index in [0.717, 1.165) is 15.9 Å². The molecule has 130 valence electrons. The molecule has 26 heavy (non-hydrogen) atoms. The van der Waals surface area contributed by atoms with E-state index in [0.29, 0.717) is 5.76 Å². The number of hydrogen-bond donors (Lipinski definition) is 1. The van der Waals surface area contributed by atoms with Crippen LogP contribution >= 0.6 is 11.8 Å². The molecule has 0 atom stereocenters. The molecule has 2 heterocycles. The van der Waals surface area contributed by atoms with Crippen molar-refractivity contribution in [3.05, 3.63) is 60.2 Å². The summed E-state index contributed by atoms with van der Waals surface area (Å²) in [5.41, 5.74) is 1.92. The summed E-state index contributed by atoms with van der Waals surface area (Å²) in [6.07, 6.45) is 0. The van der Waals surface area contributed by atoms with Crippen LogP contribution < -0.4 is 5.32 Å². The van der Waals surface area contributed by atoms with Crippen molar-refractivity contribution in [2.45, 2.75) is 11.8 Å². The van der Waals surface area contributed by atoms with E-state index in [1.54, 1.807) is 0 Å². The number of carbonyl (C=O) groups excluding carboxylic acids is 1. The number of anilines is 1. The Hall–Kier alpha value is -3.06. The molecule has 0 radical (unpaired) electrons. The monoisotopic (exact) mass is 365 g/mol. The van der Waals surface area contributed by atoms with Gasteiger partial charge in [0.15, 0.2) is 5.76 Å². The van der Waals surface area contributed by atoms with Crippen LogP contribution in [-0.4, -0.2) is 21.9 Å². The van der Waals surface area contributed by atoms with Gasteiger partial charge in [0.05, 0.1) is 5.75 Å². The number of hydrogen-bond acceptors (Lipinski definition) is 6. The van der Waals surface area contributed by atoms with Crippen molar-refractivity contribution in [1.29, 1.82) is 0 Å². The lowest BCUT2D eigenvalue weighted by molar-refractivity contribution is -0.113. The van der Waals surface area contributed by atoms with Crippen LogP contribution in [0.25, 0.3) is 22.6 Å². The molecule has 0 saturated heterocycles. The lowest BCUT2D eigenvalue weighted by Gasteiger charge is -2.01. The summed E-state index contributed by atoms with van der Waals surface area (Å²) in [5, 5.41) is 11.3. The molecule has 6 nitrogen and oxygen atoms in total. The van der Waals surface area contributed by atoms with Crippen LogP contribution in [0, 0.1) is 6.92 Å². The number of fused-ring (bicyclic) bond motifs is 1. The molecule has 0 fully saturated rings. The molecule has 4 aromatic rings. The maximum atomic E-state index is 12.1. The molecule has 7 heteroatoms. The van der Waals surface area contributed by atoms with Crippen LogP contribution in [0.3, 0.4) is 0 Å². The Morgan fingerprint density at radius 3 is 2.69 bits per heavy atom. The van der Waals surface area contributed by atoms with Gasteiger partial charge in [-0.25, -0.2) is 0 Å². The van der Waals surface area contributed by atoms with Crippen molar-refractivity contribution in [3.63, 3.8) is 0 Å². The third-order valence-corrected chi connectivity index (χ3v) is 4.71. The minimum atomic E-state index is -0.213. The second-order valence-corrected chi connectivity index (χ2v) is 6.76. The van der Waals surface area contributed by atoms with Gasteiger partial charge in [-0.05, 0) is 31.2 Å². The number of nitrogens with zero attached hydrogens (tertiary/aromatic N) is 2. The molecule has 0 bridgehead atoms. The first kappa shape index (κ1) is 16.4. The Kier molecular flexibility index (Phi) is 4.45. The van der Waals surface area contributed by atoms with Gasteiger partial charge < -0.3 is 8.83 Å². The van der Waals surface area contributed by atoms with E-state index >= 15 is 0 Å². The van der Waals surface area contributed by atoms with Gasteiger partial charge in [0.2, 0.25) is 5.91 Å². The maximum absolute atomic E-state index is 12.1. The number of carbonyl (C=O) groups is 1. The Labute approximate surface area is 153 Å². The molecule has 0 aliphatic heterocycles. The van der Waals surface area contributed by atoms with Gasteiger partial charge in [0.25, 0.3) is 5.89 Å². The summed E-state index contributed by atoms with van der Waals surface area (Å²) in [6.45, 7) is 2.02. The Morgan fingerprint density at radius 1 is 1.08 bits per heavy atom. The van der Waals surface area contributed by atoms with Gasteiger partial charge in [-0.15, -0.1) is 16.9 Å². The first-order valence-electron chi connectivity index (χ1n) is 7.99. The molecule has 0 saturated carbocycles. The third-order valence-electron chi connectivity index (χ3n) is 3.70. The minimum absolute atomic E-state index is 0.0509. The zero-order chi connectivity index (χ0) is 17.9. The molecule has 0 aliphatic rings. The SMILES string of the molecule is Cc1ccc(SCC(=O)Nc2nnc(-c3cc4ccccc4o3)o2)cc1. The predicted octanol–water partition coefficient (Wildman–Crippen LogP) is 4.52. The number of benzene rings is 2. The number of thioether (sulfide) groups is 1. The van der Waals surface area contributed by atoms with Gasteiger partial charge in [-0.3, -0.25) is 10.1 Å². The van der Waals surface area contributed by atoms with Gasteiger partial charge in [-0.2, -0.15) is 0 Å². The average molecular weight is 365 g/mol. The number of aryl methyl sites for hydroxylation is 1. The number of rotatable bonds is 5. The van der Waals surface area contributed by atoms with Crippen molar-refractivity contribution in [2.75, 3.05) is 11.1 Å². The van der Waals surface area contributed by atoms with Crippen LogP contribution in [0.5, 0.6) is 0 Å². The fourth-order valence-corrected chi connectivity index (χ4v) is 3.10. The molecule has 0 unspecified atom stereocenters. The first-order valence-corrected chi connectivity index (χ1v) is 8.98. The first-order chi connectivity index (χ1) is 12.7. The normalized spacial score (nSPS) is 11.0. The summed E-state index contributed by atoms with van der Waals surface area (Å²) in [4.78, 5) is 13.1. The predicted molar refractivity (Wildman–Crippen MR) is 100 cm³/mol. The van der Waals surface area contributed by atoms with Gasteiger partial charge in [-0.1, -0.05) is 41.0 Å². The van der Waals surface area contributed by atoms with Crippen LogP contribution in [0.15, 0.2) is 68.3 Å². The summed E-state index contributed by atoms with van der Waals surface area (Å²) in [7, 11) is 0. The largest absolute Gasteiger partial charge is 0.451 e. The topological polar surface area (TPSA) is 81.2 Å². The van der Waals surface area contributed by atoms with Crippen molar-refractivity contribution in [2.24, 2.45) is 0 Å². The highest BCUT2D eigenvalue weighted by molar-refractivity contribution is 8.00. The molecular formula is C19H15N3O3S. The van der Waals surface area contributed by atoms with E-state index in [4.69, 9.17) is 8.83 Å². The van der Waals surface area contributed by atoms with Gasteiger partial charge in [0.1, 0.15) is 5.58 Å². The zero-order valence-corrected chi connectivity index (χ0v) is 14.7. The van der Waals surface area contributed by atoms with E-state index in [1.165, 1.54) is 17.3 Å². The van der Waals surface area contributed by atoms with Crippen LogP contribution in [0.2, 0.25) is 0 Å². The fourth-order valence-electron chi connectivity index (χ4n) is 2.40. The lowest BCUT2D eigenvalue weighted by atomic mass is 10.2. The highest BCUT2D eigenvalue weighted by Gasteiger charge is 2.15. The van der Waals surface area contributed by atoms with Crippen molar-refractivity contribution in [3.8, 4) is 11.7 Å². The van der Waals surface area contributed by atoms with Gasteiger partial charge in [0, 0.05) is 10.3 Å². The number of amides is 1. The second-order valence-electron chi connectivity index (χ2n) is 5.71. The summed E-state index contributed by atoms with van der Waals surface area (Å²) >= 11 is 1.44. The summed E-state index contributed by atoms with van der Waals surface area (Å²) in [5.74, 6) is 0.733. The summed E-state index contributed by atoms with van der Waals surface area (Å²) < 4.78 is 11.2. The molecule has 1 amide bonds. The quantitative estimate of drug-likeness (QED) is 0.524. The van der Waals surface area contributed by atoms with E-state index in [-0.39, 0.29) is 23.6 Å². The number of para-hydroxylation sites is 1. The molecule has 1 N–H and O–H groups in total. The molecular weight excluding hydrogens is 350 g/mol. The Morgan fingerprint density at radius 2 is 1.88 bits per heavy atom. The molecule has 2 aromatic heterocycles. The number of furan rings is 1. The zero-order valence-electron chi connectivity index (χ0n) is 13.9. The van der Waals surface area contributed by atoms with Crippen molar-refractivity contribution in [1.82, 2.24) is 10.2 Å². The molecule has 0 spiro atoms. The maximum Gasteiger partial charge on any atom is 0.322 e. The number of nitrogens with one attached hydrogen (secondary N) is 1. The Bertz CT molecular complexity index is 1020. The summed E-state index contributed by atoms with van der Waals surface area (Å²) in [6, 6.07) is 17.5. The fraction of sp³-hybridized carbons (Fsp3) is 0.105. The van der Waals surface area contributed by atoms with Crippen molar-refractivity contribution >= 4 is 34.7 Å². The molecule has 0 aliphatic carbocycles. The molecule has 2 aromatic carbocycles. The minimum Gasteiger partial charge on any atom is -0.451 e. The smallest absolute Gasteiger partial charge is 0.322 e. The second kappa shape index (κ2) is 7.05. The van der Waals surface area contributed by atoms with Crippen LogP contribution in [-0.2, 0) is 4.79 Å². The average Bonchev–Trinajstić information content (AvgIpc) is 3.27. The number of aromatic nitrogens is 2. The van der Waals surface area contributed by atoms with Crippen LogP contribution in [0.4, 0.5) is 6.01 Å². The third kappa shape index (κ3) is 3.62.